The van der Waals surface area contributed by atoms with Gasteiger partial charge < -0.3 is 5.32 Å². The van der Waals surface area contributed by atoms with Crippen molar-refractivity contribution in [1.29, 1.82) is 0 Å². The summed E-state index contributed by atoms with van der Waals surface area (Å²) in [6.07, 6.45) is 3.99. The van der Waals surface area contributed by atoms with E-state index < -0.39 is 0 Å². The largest absolute Gasteiger partial charge is 0.373 e. The van der Waals surface area contributed by atoms with Crippen LogP contribution in [0.2, 0.25) is 0 Å². The number of nitrogens with one attached hydrogen (secondary N) is 1. The highest BCUT2D eigenvalue weighted by Gasteiger charge is 2.14. The number of aryl methyl sites for hydroxylation is 1. The zero-order valence-electron chi connectivity index (χ0n) is 10.8. The van der Waals surface area contributed by atoms with Gasteiger partial charge in [-0.05, 0) is 29.9 Å². The number of pyridine rings is 1. The summed E-state index contributed by atoms with van der Waals surface area (Å²) >= 11 is 0. The number of nitrogens with zero attached hydrogens (tertiary/aromatic N) is 1. The van der Waals surface area contributed by atoms with Gasteiger partial charge >= 0.3 is 0 Å². The number of aromatic nitrogens is 1. The summed E-state index contributed by atoms with van der Waals surface area (Å²) in [7, 11) is 1.88. The zero-order chi connectivity index (χ0) is 12.2. The molecule has 0 aliphatic heterocycles. The highest BCUT2D eigenvalue weighted by Crippen LogP contribution is 2.27. The van der Waals surface area contributed by atoms with E-state index in [1.165, 1.54) is 11.1 Å². The van der Waals surface area contributed by atoms with Gasteiger partial charge in [-0.25, -0.2) is 4.98 Å². The predicted octanol–water partition coefficient (Wildman–Crippen LogP) is 3.66. The van der Waals surface area contributed by atoms with Gasteiger partial charge in [0.05, 0.1) is 0 Å². The fraction of sp³-hybridized carbons (Fsp3) is 0.500. The van der Waals surface area contributed by atoms with Crippen molar-refractivity contribution in [2.24, 2.45) is 5.41 Å². The van der Waals surface area contributed by atoms with E-state index in [-0.39, 0.29) is 5.41 Å². The van der Waals surface area contributed by atoms with Crippen molar-refractivity contribution < 1.29 is 0 Å². The van der Waals surface area contributed by atoms with E-state index in [2.05, 4.69) is 43.7 Å². The SMILES string of the molecule is C=C(CCc1ccc(NC)nc1)C(C)(C)C. The summed E-state index contributed by atoms with van der Waals surface area (Å²) in [5.74, 6) is 0.915. The molecule has 0 aliphatic carbocycles. The molecular weight excluding hydrogens is 196 g/mol. The predicted molar refractivity (Wildman–Crippen MR) is 70.7 cm³/mol. The molecule has 1 aromatic heterocycles. The second-order valence-electron chi connectivity index (χ2n) is 5.16. The van der Waals surface area contributed by atoms with Crippen LogP contribution in [0, 0.1) is 5.41 Å². The Labute approximate surface area is 98.8 Å². The second kappa shape index (κ2) is 5.15. The van der Waals surface area contributed by atoms with Crippen LogP contribution in [-0.4, -0.2) is 12.0 Å². The van der Waals surface area contributed by atoms with Crippen molar-refractivity contribution in [2.45, 2.75) is 33.6 Å². The maximum absolute atomic E-state index is 4.30. The molecule has 2 heteroatoms. The maximum atomic E-state index is 4.30. The van der Waals surface area contributed by atoms with Crippen molar-refractivity contribution >= 4 is 5.82 Å². The Morgan fingerprint density at radius 3 is 2.50 bits per heavy atom. The molecule has 0 radical (unpaired) electrons. The minimum atomic E-state index is 0.207. The summed E-state index contributed by atoms with van der Waals surface area (Å²) in [6, 6.07) is 4.13. The Morgan fingerprint density at radius 2 is 2.06 bits per heavy atom. The van der Waals surface area contributed by atoms with E-state index in [0.717, 1.165) is 18.7 Å². The lowest BCUT2D eigenvalue weighted by molar-refractivity contribution is 0.484. The number of hydrogen-bond donors (Lipinski definition) is 1. The molecule has 0 amide bonds. The lowest BCUT2D eigenvalue weighted by Crippen LogP contribution is -2.09. The van der Waals surface area contributed by atoms with E-state index in [0.29, 0.717) is 0 Å². The van der Waals surface area contributed by atoms with E-state index in [1.54, 1.807) is 0 Å². The first-order chi connectivity index (χ1) is 7.43. The van der Waals surface area contributed by atoms with Gasteiger partial charge in [0.25, 0.3) is 0 Å². The summed E-state index contributed by atoms with van der Waals surface area (Å²) < 4.78 is 0. The van der Waals surface area contributed by atoms with Crippen LogP contribution in [0.3, 0.4) is 0 Å². The Balaban J connectivity index is 2.52. The molecule has 16 heavy (non-hydrogen) atoms. The molecule has 1 rings (SSSR count). The highest BCUT2D eigenvalue weighted by molar-refractivity contribution is 5.34. The molecule has 0 saturated heterocycles. The van der Waals surface area contributed by atoms with Gasteiger partial charge in [0.1, 0.15) is 5.82 Å². The number of anilines is 1. The minimum Gasteiger partial charge on any atom is -0.373 e. The van der Waals surface area contributed by atoms with Crippen LogP contribution in [0.25, 0.3) is 0 Å². The van der Waals surface area contributed by atoms with Crippen LogP contribution in [0.15, 0.2) is 30.5 Å². The van der Waals surface area contributed by atoms with Crippen molar-refractivity contribution in [3.05, 3.63) is 36.0 Å². The quantitative estimate of drug-likeness (QED) is 0.780. The van der Waals surface area contributed by atoms with E-state index in [9.17, 15) is 0 Å². The van der Waals surface area contributed by atoms with Crippen LogP contribution < -0.4 is 5.32 Å². The van der Waals surface area contributed by atoms with Crippen LogP contribution in [0.1, 0.15) is 32.8 Å². The molecule has 0 unspecified atom stereocenters. The van der Waals surface area contributed by atoms with Crippen LogP contribution in [-0.2, 0) is 6.42 Å². The molecule has 1 aromatic rings. The topological polar surface area (TPSA) is 24.9 Å². The van der Waals surface area contributed by atoms with Crippen LogP contribution in [0.5, 0.6) is 0 Å². The van der Waals surface area contributed by atoms with Crippen molar-refractivity contribution in [1.82, 2.24) is 4.98 Å². The maximum Gasteiger partial charge on any atom is 0.125 e. The molecule has 0 saturated carbocycles. The second-order valence-corrected chi connectivity index (χ2v) is 5.16. The van der Waals surface area contributed by atoms with Crippen molar-refractivity contribution in [2.75, 3.05) is 12.4 Å². The first-order valence-corrected chi connectivity index (χ1v) is 5.74. The number of allylic oxidation sites excluding steroid dienone is 1. The smallest absolute Gasteiger partial charge is 0.125 e. The molecule has 0 atom stereocenters. The first kappa shape index (κ1) is 12.8. The third-order valence-electron chi connectivity index (χ3n) is 2.86. The molecule has 0 bridgehead atoms. The molecular formula is C14H22N2. The molecule has 2 nitrogen and oxygen atoms in total. The molecule has 0 aliphatic rings. The number of rotatable bonds is 4. The monoisotopic (exact) mass is 218 g/mol. The standard InChI is InChI=1S/C14H22N2/c1-11(14(2,3)4)6-7-12-8-9-13(15-5)16-10-12/h8-10H,1,6-7H2,2-5H3,(H,15,16). The lowest BCUT2D eigenvalue weighted by atomic mass is 9.84. The molecule has 0 fully saturated rings. The molecule has 0 spiro atoms. The van der Waals surface area contributed by atoms with Crippen LogP contribution in [0.4, 0.5) is 5.82 Å². The van der Waals surface area contributed by atoms with Gasteiger partial charge in [-0.1, -0.05) is 39.0 Å². The van der Waals surface area contributed by atoms with Gasteiger partial charge in [0.15, 0.2) is 0 Å². The van der Waals surface area contributed by atoms with Crippen molar-refractivity contribution in [3.8, 4) is 0 Å². The minimum absolute atomic E-state index is 0.207. The Morgan fingerprint density at radius 1 is 1.38 bits per heavy atom. The molecule has 1 N–H and O–H groups in total. The van der Waals surface area contributed by atoms with Gasteiger partial charge in [-0.2, -0.15) is 0 Å². The zero-order valence-corrected chi connectivity index (χ0v) is 10.8. The lowest BCUT2D eigenvalue weighted by Gasteiger charge is -2.21. The fourth-order valence-electron chi connectivity index (χ4n) is 1.39. The average Bonchev–Trinajstić information content (AvgIpc) is 2.25. The molecule has 88 valence electrons. The van der Waals surface area contributed by atoms with Crippen LogP contribution >= 0.6 is 0 Å². The van der Waals surface area contributed by atoms with Gasteiger partial charge in [0, 0.05) is 13.2 Å². The fourth-order valence-corrected chi connectivity index (χ4v) is 1.39. The summed E-state index contributed by atoms with van der Waals surface area (Å²) in [5, 5.41) is 3.01. The molecule has 1 heterocycles. The summed E-state index contributed by atoms with van der Waals surface area (Å²) in [5.41, 5.74) is 2.77. The Kier molecular flexibility index (Phi) is 4.11. The third kappa shape index (κ3) is 3.69. The molecule has 0 aromatic carbocycles. The summed E-state index contributed by atoms with van der Waals surface area (Å²) in [4.78, 5) is 4.30. The van der Waals surface area contributed by atoms with E-state index in [4.69, 9.17) is 0 Å². The average molecular weight is 218 g/mol. The summed E-state index contributed by atoms with van der Waals surface area (Å²) in [6.45, 7) is 10.8. The van der Waals surface area contributed by atoms with Crippen molar-refractivity contribution in [3.63, 3.8) is 0 Å². The van der Waals surface area contributed by atoms with E-state index in [1.807, 2.05) is 19.3 Å². The third-order valence-corrected chi connectivity index (χ3v) is 2.86. The first-order valence-electron chi connectivity index (χ1n) is 5.74. The van der Waals surface area contributed by atoms with E-state index >= 15 is 0 Å². The van der Waals surface area contributed by atoms with Gasteiger partial charge in [-0.15, -0.1) is 0 Å². The number of hydrogen-bond acceptors (Lipinski definition) is 2. The Hall–Kier alpha value is -1.31. The van der Waals surface area contributed by atoms with Gasteiger partial charge in [-0.3, -0.25) is 0 Å². The normalized spacial score (nSPS) is 11.2. The van der Waals surface area contributed by atoms with Gasteiger partial charge in [0.2, 0.25) is 0 Å². The Bertz CT molecular complexity index is 344. The highest BCUT2D eigenvalue weighted by atomic mass is 14.9.